The Balaban J connectivity index is 1.53. The van der Waals surface area contributed by atoms with E-state index in [0.29, 0.717) is 17.7 Å². The molecule has 1 saturated heterocycles. The normalized spacial score (nSPS) is 17.7. The molecule has 1 fully saturated rings. The van der Waals surface area contributed by atoms with Crippen LogP contribution in [0.1, 0.15) is 41.8 Å². The fourth-order valence-electron chi connectivity index (χ4n) is 4.09. The number of carbonyl (C=O) groups is 1. The molecule has 0 spiro atoms. The summed E-state index contributed by atoms with van der Waals surface area (Å²) in [6.07, 6.45) is 6.41. The molecule has 1 N–H and O–H groups in total. The number of hydrogen-bond acceptors (Lipinski definition) is 4. The standard InChI is InChI=1S/C27H29FN4O2/c1-20-17-32(18-21(2)34-20)26-11-8-24(27(33)30-12-3-14-31-15-13-29-19-31)16-23(26)7-4-22-5-9-25(28)10-6-22/h5-6,8-11,13,15-16,19-21H,3,12,14,17-18H2,1-2H3,(H,30,33)/t20-,21+. The number of aryl methyl sites for hydroxylation is 1. The van der Waals surface area contributed by atoms with Gasteiger partial charge < -0.3 is 19.5 Å². The third-order valence-corrected chi connectivity index (χ3v) is 5.64. The van der Waals surface area contributed by atoms with Crippen LogP contribution in [0.25, 0.3) is 0 Å². The number of morpholine rings is 1. The van der Waals surface area contributed by atoms with Gasteiger partial charge in [-0.3, -0.25) is 4.79 Å². The highest BCUT2D eigenvalue weighted by atomic mass is 19.1. The van der Waals surface area contributed by atoms with Crippen LogP contribution < -0.4 is 10.2 Å². The molecule has 6 nitrogen and oxygen atoms in total. The van der Waals surface area contributed by atoms with E-state index in [0.717, 1.165) is 37.3 Å². The molecular formula is C27H29FN4O2. The summed E-state index contributed by atoms with van der Waals surface area (Å²) in [6.45, 7) is 6.95. The summed E-state index contributed by atoms with van der Waals surface area (Å²) in [7, 11) is 0. The molecule has 1 aliphatic heterocycles. The van der Waals surface area contributed by atoms with Crippen molar-refractivity contribution < 1.29 is 13.9 Å². The van der Waals surface area contributed by atoms with Gasteiger partial charge in [0.25, 0.3) is 5.91 Å². The number of hydrogen-bond donors (Lipinski definition) is 1. The van der Waals surface area contributed by atoms with E-state index in [1.165, 1.54) is 12.1 Å². The van der Waals surface area contributed by atoms with Crippen molar-refractivity contribution in [2.75, 3.05) is 24.5 Å². The first-order valence-corrected chi connectivity index (χ1v) is 11.5. The van der Waals surface area contributed by atoms with E-state index in [-0.39, 0.29) is 23.9 Å². The summed E-state index contributed by atoms with van der Waals surface area (Å²) in [5, 5.41) is 2.99. The second-order valence-electron chi connectivity index (χ2n) is 8.56. The maximum absolute atomic E-state index is 13.3. The highest BCUT2D eigenvalue weighted by molar-refractivity contribution is 5.95. The van der Waals surface area contributed by atoms with E-state index in [1.807, 2.05) is 29.0 Å². The number of nitrogens with one attached hydrogen (secondary N) is 1. The van der Waals surface area contributed by atoms with Crippen LogP contribution in [0.4, 0.5) is 10.1 Å². The third-order valence-electron chi connectivity index (χ3n) is 5.64. The van der Waals surface area contributed by atoms with Crippen molar-refractivity contribution in [1.29, 1.82) is 0 Å². The first-order valence-electron chi connectivity index (χ1n) is 11.5. The van der Waals surface area contributed by atoms with Gasteiger partial charge in [-0.25, -0.2) is 9.37 Å². The average molecular weight is 461 g/mol. The lowest BCUT2D eigenvalue weighted by Gasteiger charge is -2.37. The van der Waals surface area contributed by atoms with Crippen molar-refractivity contribution >= 4 is 11.6 Å². The van der Waals surface area contributed by atoms with Crippen LogP contribution >= 0.6 is 0 Å². The monoisotopic (exact) mass is 460 g/mol. The molecular weight excluding hydrogens is 431 g/mol. The second kappa shape index (κ2) is 11.0. The van der Waals surface area contributed by atoms with Crippen molar-refractivity contribution in [3.05, 3.63) is 83.7 Å². The Morgan fingerprint density at radius 1 is 1.15 bits per heavy atom. The highest BCUT2D eigenvalue weighted by Gasteiger charge is 2.24. The van der Waals surface area contributed by atoms with Crippen molar-refractivity contribution in [1.82, 2.24) is 14.9 Å². The number of benzene rings is 2. The van der Waals surface area contributed by atoms with Crippen LogP contribution in [0, 0.1) is 17.7 Å². The van der Waals surface area contributed by atoms with Crippen molar-refractivity contribution in [2.45, 2.75) is 39.0 Å². The summed E-state index contributed by atoms with van der Waals surface area (Å²) in [6, 6.07) is 11.7. The van der Waals surface area contributed by atoms with E-state index < -0.39 is 0 Å². The van der Waals surface area contributed by atoms with E-state index >= 15 is 0 Å². The number of anilines is 1. The zero-order valence-electron chi connectivity index (χ0n) is 19.5. The molecule has 176 valence electrons. The number of ether oxygens (including phenoxy) is 1. The Morgan fingerprint density at radius 2 is 1.91 bits per heavy atom. The average Bonchev–Trinajstić information content (AvgIpc) is 3.34. The van der Waals surface area contributed by atoms with Crippen molar-refractivity contribution in [3.8, 4) is 11.8 Å². The smallest absolute Gasteiger partial charge is 0.251 e. The van der Waals surface area contributed by atoms with Crippen LogP contribution in [0.5, 0.6) is 0 Å². The Morgan fingerprint density at radius 3 is 2.62 bits per heavy atom. The first-order chi connectivity index (χ1) is 16.5. The van der Waals surface area contributed by atoms with Gasteiger partial charge in [0, 0.05) is 55.3 Å². The van der Waals surface area contributed by atoms with E-state index in [2.05, 4.69) is 40.9 Å². The molecule has 1 aliphatic rings. The van der Waals surface area contributed by atoms with Crippen LogP contribution in [0.3, 0.4) is 0 Å². The minimum atomic E-state index is -0.297. The van der Waals surface area contributed by atoms with Gasteiger partial charge in [0.05, 0.1) is 24.2 Å². The van der Waals surface area contributed by atoms with Crippen LogP contribution in [0.15, 0.2) is 61.2 Å². The quantitative estimate of drug-likeness (QED) is 0.448. The molecule has 7 heteroatoms. The molecule has 2 atom stereocenters. The molecule has 4 rings (SSSR count). The lowest BCUT2D eigenvalue weighted by molar-refractivity contribution is -0.00523. The van der Waals surface area contributed by atoms with Gasteiger partial charge in [-0.05, 0) is 62.7 Å². The number of aromatic nitrogens is 2. The van der Waals surface area contributed by atoms with Crippen LogP contribution in [0.2, 0.25) is 0 Å². The SMILES string of the molecule is C[C@@H]1CN(c2ccc(C(=O)NCCCn3ccnc3)cc2C#Cc2ccc(F)cc2)C[C@H](C)O1. The third kappa shape index (κ3) is 6.24. The van der Waals surface area contributed by atoms with E-state index in [9.17, 15) is 9.18 Å². The molecule has 0 saturated carbocycles. The van der Waals surface area contributed by atoms with Crippen LogP contribution in [-0.4, -0.2) is 47.3 Å². The highest BCUT2D eigenvalue weighted by Crippen LogP contribution is 2.25. The molecule has 2 aromatic carbocycles. The van der Waals surface area contributed by atoms with Gasteiger partial charge in [-0.15, -0.1) is 0 Å². The Labute approximate surface area is 199 Å². The largest absolute Gasteiger partial charge is 0.372 e. The number of nitrogens with zero attached hydrogens (tertiary/aromatic N) is 3. The first kappa shape index (κ1) is 23.5. The summed E-state index contributed by atoms with van der Waals surface area (Å²) in [4.78, 5) is 19.1. The molecule has 1 amide bonds. The van der Waals surface area contributed by atoms with E-state index in [1.54, 1.807) is 24.7 Å². The predicted octanol–water partition coefficient (Wildman–Crippen LogP) is 3.86. The predicted molar refractivity (Wildman–Crippen MR) is 130 cm³/mol. The lowest BCUT2D eigenvalue weighted by Crippen LogP contribution is -2.45. The van der Waals surface area contributed by atoms with Gasteiger partial charge in [-0.1, -0.05) is 11.8 Å². The summed E-state index contributed by atoms with van der Waals surface area (Å²) in [5.74, 6) is 5.89. The Hall–Kier alpha value is -3.63. The Kier molecular flexibility index (Phi) is 7.61. The molecule has 3 aromatic rings. The number of halogens is 1. The van der Waals surface area contributed by atoms with Crippen LogP contribution in [-0.2, 0) is 11.3 Å². The van der Waals surface area contributed by atoms with Gasteiger partial charge in [-0.2, -0.15) is 0 Å². The number of carbonyl (C=O) groups excluding carboxylic acids is 1. The number of amides is 1. The van der Waals surface area contributed by atoms with Gasteiger partial charge in [0.15, 0.2) is 0 Å². The molecule has 2 heterocycles. The maximum atomic E-state index is 13.3. The van der Waals surface area contributed by atoms with Crippen molar-refractivity contribution in [3.63, 3.8) is 0 Å². The zero-order chi connectivity index (χ0) is 23.9. The maximum Gasteiger partial charge on any atom is 0.251 e. The van der Waals surface area contributed by atoms with Crippen molar-refractivity contribution in [2.24, 2.45) is 0 Å². The second-order valence-corrected chi connectivity index (χ2v) is 8.56. The molecule has 0 bridgehead atoms. The summed E-state index contributed by atoms with van der Waals surface area (Å²) in [5.41, 5.74) is 3.00. The lowest BCUT2D eigenvalue weighted by atomic mass is 10.0. The number of imidazole rings is 1. The zero-order valence-corrected chi connectivity index (χ0v) is 19.5. The molecule has 0 aliphatic carbocycles. The minimum absolute atomic E-state index is 0.0973. The molecule has 34 heavy (non-hydrogen) atoms. The minimum Gasteiger partial charge on any atom is -0.372 e. The summed E-state index contributed by atoms with van der Waals surface area (Å²) >= 11 is 0. The molecule has 1 aromatic heterocycles. The number of rotatable bonds is 6. The molecule has 0 unspecified atom stereocenters. The van der Waals surface area contributed by atoms with Gasteiger partial charge >= 0.3 is 0 Å². The molecule has 0 radical (unpaired) electrons. The van der Waals surface area contributed by atoms with Gasteiger partial charge in [0.2, 0.25) is 0 Å². The van der Waals surface area contributed by atoms with E-state index in [4.69, 9.17) is 4.74 Å². The van der Waals surface area contributed by atoms with Gasteiger partial charge in [0.1, 0.15) is 5.82 Å². The summed E-state index contributed by atoms with van der Waals surface area (Å²) < 4.78 is 21.1. The Bertz CT molecular complexity index is 1160. The fourth-order valence-corrected chi connectivity index (χ4v) is 4.09. The fraction of sp³-hybridized carbons (Fsp3) is 0.333. The topological polar surface area (TPSA) is 59.4 Å².